The first-order chi connectivity index (χ1) is 26.7. The highest BCUT2D eigenvalue weighted by molar-refractivity contribution is 6.87. The molecule has 0 saturated heterocycles. The zero-order valence-corrected chi connectivity index (χ0v) is 59.2. The molecule has 386 valence electrons. The summed E-state index contributed by atoms with van der Waals surface area (Å²) in [7, 11) is 0. The second-order valence-electron chi connectivity index (χ2n) is 11.6. The Hall–Kier alpha value is 12.4. The fourth-order valence-electron chi connectivity index (χ4n) is 3.63. The summed E-state index contributed by atoms with van der Waals surface area (Å²) in [6.07, 6.45) is 0. The summed E-state index contributed by atoms with van der Waals surface area (Å²) in [5.41, 5.74) is 0. The Labute approximate surface area is 579 Å². The van der Waals surface area contributed by atoms with Crippen LogP contribution in [0.1, 0.15) is 0 Å². The maximum atomic E-state index is 6.62. The average molecular weight is 1780 g/mol. The summed E-state index contributed by atoms with van der Waals surface area (Å²) in [6.45, 7) is 0. The predicted molar refractivity (Wildman–Crippen MR) is 308 cm³/mol. The molecule has 0 unspecified atom stereocenters. The smallest absolute Gasteiger partial charge is 0.0946 e. The standard InChI is InChI=1S/C20Cl43N/c21-1(22,3(25,26)5(29,30)7(33,34)9(37,38)11(41,42)13(45,46)15(49,50)17(53,54)19(57,58)59)2(23,24)4(27,28)6(31,32)8(35,36)10(39,40)12(43,44)14(47,48)16(51,52)18(55,56)20(60,61)64(62)63. The molecule has 64 heavy (non-hydrogen) atoms. The van der Waals surface area contributed by atoms with Crippen LogP contribution in [0, 0.1) is 0 Å². The Kier molecular flexibility index (Phi) is 27.2. The fraction of sp³-hybridized carbons (Fsp3) is 1.00. The third kappa shape index (κ3) is 11.2. The van der Waals surface area contributed by atoms with Gasteiger partial charge in [-0.15, -0.1) is 0 Å². The third-order valence-electron chi connectivity index (χ3n) is 7.65. The van der Waals surface area contributed by atoms with Crippen molar-refractivity contribution in [1.82, 2.24) is 3.94 Å². The number of hydrogen-bond donors (Lipinski definition) is 0. The molecule has 1 nitrogen and oxygen atoms in total. The second-order valence-corrected chi connectivity index (χ2v) is 39.9. The molecule has 0 fully saturated rings. The highest BCUT2D eigenvalue weighted by atomic mass is 35.6. The van der Waals surface area contributed by atoms with Crippen LogP contribution in [-0.2, 0) is 0 Å². The van der Waals surface area contributed by atoms with Crippen LogP contribution in [0.25, 0.3) is 0 Å². The van der Waals surface area contributed by atoms with Gasteiger partial charge in [0.1, 0.15) is 0 Å². The zero-order chi connectivity index (χ0) is 53.6. The van der Waals surface area contributed by atoms with Crippen molar-refractivity contribution in [2.24, 2.45) is 0 Å². The number of halogens is 43. The van der Waals surface area contributed by atoms with E-state index in [0.717, 1.165) is 0 Å². The van der Waals surface area contributed by atoms with Gasteiger partial charge >= 0.3 is 0 Å². The minimum absolute atomic E-state index is 0.0910. The number of nitrogens with zero attached hydrogens (tertiary/aromatic N) is 1. The molecular weight excluding hydrogens is 1780 g/mol. The molecule has 0 N–H and O–H groups in total. The van der Waals surface area contributed by atoms with Gasteiger partial charge in [0, 0.05) is 0 Å². The molecule has 0 radical (unpaired) electrons. The second kappa shape index (κ2) is 22.8. The van der Waals surface area contributed by atoms with Gasteiger partial charge in [-0.3, -0.25) is 0 Å². The van der Waals surface area contributed by atoms with Gasteiger partial charge in [-0.2, -0.15) is 0 Å². The SMILES string of the molecule is ClN(Cl)C(Cl)(Cl)C(Cl)(Cl)C(Cl)(Cl)C(Cl)(Cl)C(Cl)(Cl)C(Cl)(Cl)C(Cl)(Cl)C(Cl)(Cl)C(Cl)(Cl)C(Cl)(Cl)C(Cl)(Cl)C(Cl)(Cl)C(Cl)(Cl)C(Cl)(Cl)C(Cl)(Cl)C(Cl)(Cl)C(Cl)(Cl)C(Cl)(Cl)C(Cl)(Cl)C(Cl)(Cl)Cl. The number of hydrogen-bond acceptors (Lipinski definition) is 1. The van der Waals surface area contributed by atoms with E-state index in [1.807, 2.05) is 0 Å². The van der Waals surface area contributed by atoms with Crippen molar-refractivity contribution in [2.75, 3.05) is 0 Å². The highest BCUT2D eigenvalue weighted by Gasteiger charge is 2.89. The largest absolute Gasteiger partial charge is 0.234 e. The van der Waals surface area contributed by atoms with Crippen molar-refractivity contribution in [3.05, 3.63) is 0 Å². The number of alkyl halides is 41. The summed E-state index contributed by atoms with van der Waals surface area (Å²) in [5.74, 6) is 0. The van der Waals surface area contributed by atoms with Crippen LogP contribution in [0.4, 0.5) is 0 Å². The summed E-state index contributed by atoms with van der Waals surface area (Å²) < 4.78 is -71.0. The van der Waals surface area contributed by atoms with Crippen LogP contribution in [0.3, 0.4) is 0 Å². The lowest BCUT2D eigenvalue weighted by molar-refractivity contribution is 0.379. The van der Waals surface area contributed by atoms with E-state index in [2.05, 4.69) is 0 Å². The maximum Gasteiger partial charge on any atom is 0.234 e. The Morgan fingerprint density at radius 2 is 0.234 bits per heavy atom. The molecule has 0 aromatic heterocycles. The summed E-state index contributed by atoms with van der Waals surface area (Å²) in [5, 5.41) is 0. The molecule has 0 aliphatic heterocycles. The first kappa shape index (κ1) is 76.4. The van der Waals surface area contributed by atoms with Gasteiger partial charge < -0.3 is 0 Å². The molecular formula is C20Cl43N. The van der Waals surface area contributed by atoms with Crippen molar-refractivity contribution in [3.8, 4) is 0 Å². The van der Waals surface area contributed by atoms with Crippen LogP contribution in [0.2, 0.25) is 0 Å². The molecule has 0 heterocycles. The quantitative estimate of drug-likeness (QED) is 0.0708. The Morgan fingerprint density at radius 1 is 0.141 bits per heavy atom. The van der Waals surface area contributed by atoms with E-state index in [9.17, 15) is 0 Å². The summed E-state index contributed by atoms with van der Waals surface area (Å²) >= 11 is 275. The van der Waals surface area contributed by atoms with E-state index in [4.69, 9.17) is 499 Å². The van der Waals surface area contributed by atoms with E-state index in [1.165, 1.54) is 0 Å². The van der Waals surface area contributed by atoms with Gasteiger partial charge in [-0.05, 0) is 23.6 Å². The third-order valence-corrected chi connectivity index (χ3v) is 38.2. The minimum atomic E-state index is -3.81. The molecule has 0 bridgehead atoms. The van der Waals surface area contributed by atoms with Gasteiger partial charge in [0.05, 0.1) is 0 Å². The summed E-state index contributed by atoms with van der Waals surface area (Å²) in [6, 6.07) is 0. The van der Waals surface area contributed by atoms with Crippen LogP contribution in [0.15, 0.2) is 0 Å². The molecule has 0 amide bonds. The monoisotopic (exact) mass is 1760 g/mol. The first-order valence-corrected chi connectivity index (χ1v) is 29.2. The van der Waals surface area contributed by atoms with E-state index < -0.39 is 86.3 Å². The van der Waals surface area contributed by atoms with Crippen molar-refractivity contribution in [3.63, 3.8) is 0 Å². The van der Waals surface area contributed by atoms with Gasteiger partial charge in [-0.1, -0.05) is 480 Å². The van der Waals surface area contributed by atoms with Gasteiger partial charge in [-0.25, -0.2) is 0 Å². The van der Waals surface area contributed by atoms with E-state index in [1.54, 1.807) is 0 Å². The lowest BCUT2D eigenvalue weighted by atomic mass is 9.96. The van der Waals surface area contributed by atoms with Gasteiger partial charge in [0.15, 0.2) is 69.3 Å². The average Bonchev–Trinajstić information content (AvgIpc) is 3.05. The Bertz CT molecular complexity index is 1680. The molecule has 0 aromatic carbocycles. The topological polar surface area (TPSA) is 3.24 Å². The lowest BCUT2D eigenvalue weighted by Gasteiger charge is -2.59. The zero-order valence-electron chi connectivity index (χ0n) is 26.7. The van der Waals surface area contributed by atoms with E-state index in [-0.39, 0.29) is 3.94 Å². The maximum absolute atomic E-state index is 6.62. The molecule has 0 atom stereocenters. The Balaban J connectivity index is 8.01. The molecule has 0 rings (SSSR count). The fourth-order valence-corrected chi connectivity index (χ4v) is 18.1. The summed E-state index contributed by atoms with van der Waals surface area (Å²) in [4.78, 5) is 0. The molecule has 0 aromatic rings. The van der Waals surface area contributed by atoms with Gasteiger partial charge in [0.25, 0.3) is 0 Å². The lowest BCUT2D eigenvalue weighted by Crippen LogP contribution is -2.76. The predicted octanol–water partition coefficient (Wildman–Crippen LogP) is 25.2. The van der Waals surface area contributed by atoms with Gasteiger partial charge in [0.2, 0.25) is 16.9 Å². The number of rotatable bonds is 19. The van der Waals surface area contributed by atoms with Crippen molar-refractivity contribution in [2.45, 2.75) is 86.3 Å². The molecule has 0 aliphatic rings. The molecule has 44 heteroatoms. The highest BCUT2D eigenvalue weighted by Crippen LogP contribution is 2.79. The Morgan fingerprint density at radius 3 is 0.328 bits per heavy atom. The van der Waals surface area contributed by atoms with E-state index >= 15 is 0 Å². The van der Waals surface area contributed by atoms with Crippen molar-refractivity contribution in [1.29, 1.82) is 0 Å². The van der Waals surface area contributed by atoms with Crippen molar-refractivity contribution >= 4 is 499 Å². The van der Waals surface area contributed by atoms with Crippen LogP contribution >= 0.6 is 499 Å². The van der Waals surface area contributed by atoms with E-state index in [0.29, 0.717) is 0 Å². The van der Waals surface area contributed by atoms with Crippen LogP contribution in [0.5, 0.6) is 0 Å². The van der Waals surface area contributed by atoms with Crippen LogP contribution < -0.4 is 0 Å². The van der Waals surface area contributed by atoms with Crippen LogP contribution in [-0.4, -0.2) is 90.2 Å². The van der Waals surface area contributed by atoms with Crippen molar-refractivity contribution < 1.29 is 0 Å². The minimum Gasteiger partial charge on any atom is -0.0946 e. The molecule has 0 spiro atoms. The molecule has 0 saturated carbocycles. The first-order valence-electron chi connectivity index (χ1n) is 13.1. The normalized spacial score (nSPS) is 17.4. The molecule has 0 aliphatic carbocycles.